The van der Waals surface area contributed by atoms with Gasteiger partial charge in [-0.1, -0.05) is 6.92 Å². The summed E-state index contributed by atoms with van der Waals surface area (Å²) >= 11 is 0. The van der Waals surface area contributed by atoms with E-state index in [1.165, 1.54) is 20.3 Å². The monoisotopic (exact) mass is 323 g/mol. The number of anilines is 1. The molecule has 0 aliphatic heterocycles. The first kappa shape index (κ1) is 19.0. The molecule has 1 atom stereocenters. The highest BCUT2D eigenvalue weighted by Crippen LogP contribution is 2.26. The molecule has 0 aliphatic rings. The second-order valence-electron chi connectivity index (χ2n) is 5.61. The highest BCUT2D eigenvalue weighted by Gasteiger charge is 2.31. The van der Waals surface area contributed by atoms with Crippen LogP contribution in [0.3, 0.4) is 0 Å². The smallest absolute Gasteiger partial charge is 0.341 e. The Hall–Kier alpha value is -2.08. The van der Waals surface area contributed by atoms with E-state index in [-0.39, 0.29) is 17.6 Å². The molecular weight excluding hydrogens is 298 g/mol. The fraction of sp³-hybridized carbons (Fsp3) is 0.529. The Morgan fingerprint density at radius 1 is 1.26 bits per heavy atom. The summed E-state index contributed by atoms with van der Waals surface area (Å²) < 4.78 is 15.6. The predicted octanol–water partition coefficient (Wildman–Crippen LogP) is 3.01. The van der Waals surface area contributed by atoms with Crippen molar-refractivity contribution < 1.29 is 23.8 Å². The van der Waals surface area contributed by atoms with Gasteiger partial charge in [0.05, 0.1) is 13.2 Å². The predicted molar refractivity (Wildman–Crippen MR) is 87.9 cm³/mol. The Balaban J connectivity index is 3.10. The highest BCUT2D eigenvalue weighted by atomic mass is 16.5. The molecule has 0 saturated heterocycles. The molecule has 1 N–H and O–H groups in total. The number of carbonyl (C=O) groups excluding carboxylic acids is 2. The van der Waals surface area contributed by atoms with Gasteiger partial charge in [0.1, 0.15) is 16.9 Å². The Kier molecular flexibility index (Phi) is 6.57. The maximum Gasteiger partial charge on any atom is 0.341 e. The maximum absolute atomic E-state index is 12.3. The first-order chi connectivity index (χ1) is 10.8. The zero-order valence-corrected chi connectivity index (χ0v) is 14.6. The minimum absolute atomic E-state index is 0.0873. The van der Waals surface area contributed by atoms with Crippen LogP contribution in [0.25, 0.3) is 0 Å². The van der Waals surface area contributed by atoms with Crippen LogP contribution in [0.5, 0.6) is 5.75 Å². The summed E-state index contributed by atoms with van der Waals surface area (Å²) in [4.78, 5) is 24.2. The zero-order valence-electron chi connectivity index (χ0n) is 14.6. The fourth-order valence-corrected chi connectivity index (χ4v) is 1.89. The molecular formula is C17H25NO5. The van der Waals surface area contributed by atoms with E-state index in [0.717, 1.165) is 0 Å². The Bertz CT molecular complexity index is 564. The Morgan fingerprint density at radius 2 is 1.91 bits per heavy atom. The molecule has 6 heteroatoms. The van der Waals surface area contributed by atoms with Crippen molar-refractivity contribution in [2.75, 3.05) is 19.5 Å². The van der Waals surface area contributed by atoms with Gasteiger partial charge >= 0.3 is 5.97 Å². The molecule has 0 saturated carbocycles. The molecule has 1 unspecified atom stereocenters. The van der Waals surface area contributed by atoms with Gasteiger partial charge in [-0.3, -0.25) is 4.79 Å². The minimum atomic E-state index is -0.932. The molecule has 0 bridgehead atoms. The number of hydrogen-bond donors (Lipinski definition) is 1. The van der Waals surface area contributed by atoms with Gasteiger partial charge in [-0.05, 0) is 45.4 Å². The van der Waals surface area contributed by atoms with Crippen LogP contribution in [0.4, 0.5) is 5.69 Å². The number of carbonyl (C=O) groups is 2. The molecule has 128 valence electrons. The molecule has 1 aromatic rings. The average molecular weight is 323 g/mol. The second-order valence-corrected chi connectivity index (χ2v) is 5.61. The van der Waals surface area contributed by atoms with Crippen LogP contribution in [0.2, 0.25) is 0 Å². The number of esters is 1. The third-order valence-electron chi connectivity index (χ3n) is 3.61. The molecule has 23 heavy (non-hydrogen) atoms. The van der Waals surface area contributed by atoms with E-state index in [2.05, 4.69) is 5.32 Å². The van der Waals surface area contributed by atoms with E-state index in [1.807, 2.05) is 20.8 Å². The van der Waals surface area contributed by atoms with E-state index in [4.69, 9.17) is 14.2 Å². The number of ether oxygens (including phenoxy) is 3. The van der Waals surface area contributed by atoms with Crippen LogP contribution >= 0.6 is 0 Å². The number of amides is 1. The van der Waals surface area contributed by atoms with Crippen molar-refractivity contribution in [3.05, 3.63) is 23.8 Å². The molecule has 6 nitrogen and oxygen atoms in total. The van der Waals surface area contributed by atoms with Crippen molar-refractivity contribution in [1.29, 1.82) is 0 Å². The van der Waals surface area contributed by atoms with E-state index >= 15 is 0 Å². The standard InChI is InChI=1S/C17H25NO5/c1-7-17(4,22-6)16(20)18-12-8-9-14(23-11(2)3)13(10-12)15(19)21-5/h8-11H,7H2,1-6H3,(H,18,20). The van der Waals surface area contributed by atoms with Crippen molar-refractivity contribution >= 4 is 17.6 Å². The van der Waals surface area contributed by atoms with Crippen molar-refractivity contribution in [3.63, 3.8) is 0 Å². The van der Waals surface area contributed by atoms with Crippen molar-refractivity contribution in [2.45, 2.75) is 45.8 Å². The maximum atomic E-state index is 12.3. The SMILES string of the molecule is CCC(C)(OC)C(=O)Nc1ccc(OC(C)C)c(C(=O)OC)c1. The number of rotatable bonds is 7. The molecule has 1 amide bonds. The number of methoxy groups -OCH3 is 2. The van der Waals surface area contributed by atoms with E-state index < -0.39 is 11.6 Å². The van der Waals surface area contributed by atoms with Crippen molar-refractivity contribution in [2.24, 2.45) is 0 Å². The largest absolute Gasteiger partial charge is 0.490 e. The van der Waals surface area contributed by atoms with E-state index in [0.29, 0.717) is 17.9 Å². The lowest BCUT2D eigenvalue weighted by Crippen LogP contribution is -2.41. The van der Waals surface area contributed by atoms with Crippen LogP contribution in [0.1, 0.15) is 44.5 Å². The summed E-state index contributed by atoms with van der Waals surface area (Å²) in [6.45, 7) is 7.30. The van der Waals surface area contributed by atoms with Gasteiger partial charge < -0.3 is 19.5 Å². The fourth-order valence-electron chi connectivity index (χ4n) is 1.89. The molecule has 0 aromatic heterocycles. The topological polar surface area (TPSA) is 73.9 Å². The number of benzene rings is 1. The van der Waals surface area contributed by atoms with Crippen LogP contribution < -0.4 is 10.1 Å². The van der Waals surface area contributed by atoms with Crippen LogP contribution in [-0.2, 0) is 14.3 Å². The van der Waals surface area contributed by atoms with Crippen molar-refractivity contribution in [3.8, 4) is 5.75 Å². The molecule has 0 spiro atoms. The molecule has 0 aliphatic carbocycles. The third kappa shape index (κ3) is 4.69. The second kappa shape index (κ2) is 7.97. The lowest BCUT2D eigenvalue weighted by molar-refractivity contribution is -0.136. The van der Waals surface area contributed by atoms with Crippen LogP contribution in [0, 0.1) is 0 Å². The lowest BCUT2D eigenvalue weighted by Gasteiger charge is -2.25. The average Bonchev–Trinajstić information content (AvgIpc) is 2.54. The summed E-state index contributed by atoms with van der Waals surface area (Å²) in [6.07, 6.45) is 0.434. The van der Waals surface area contributed by atoms with Crippen molar-refractivity contribution in [1.82, 2.24) is 0 Å². The molecule has 0 radical (unpaired) electrons. The van der Waals surface area contributed by atoms with E-state index in [1.54, 1.807) is 19.1 Å². The number of hydrogen-bond acceptors (Lipinski definition) is 5. The molecule has 1 aromatic carbocycles. The minimum Gasteiger partial charge on any atom is -0.490 e. The quantitative estimate of drug-likeness (QED) is 0.781. The molecule has 0 fully saturated rings. The first-order valence-electron chi connectivity index (χ1n) is 7.53. The summed E-state index contributed by atoms with van der Waals surface area (Å²) in [6, 6.07) is 4.85. The van der Waals surface area contributed by atoms with Gasteiger partial charge in [-0.2, -0.15) is 0 Å². The summed E-state index contributed by atoms with van der Waals surface area (Å²) in [5.74, 6) is -0.396. The third-order valence-corrected chi connectivity index (χ3v) is 3.61. The molecule has 0 heterocycles. The van der Waals surface area contributed by atoms with Gasteiger partial charge in [-0.15, -0.1) is 0 Å². The Morgan fingerprint density at radius 3 is 2.39 bits per heavy atom. The lowest BCUT2D eigenvalue weighted by atomic mass is 10.0. The van der Waals surface area contributed by atoms with Gasteiger partial charge in [0.25, 0.3) is 5.91 Å². The summed E-state index contributed by atoms with van der Waals surface area (Å²) in [5, 5.41) is 2.76. The van der Waals surface area contributed by atoms with E-state index in [9.17, 15) is 9.59 Å². The molecule has 1 rings (SSSR count). The zero-order chi connectivity index (χ0) is 17.6. The highest BCUT2D eigenvalue weighted by molar-refractivity contribution is 5.99. The number of nitrogens with one attached hydrogen (secondary N) is 1. The Labute approximate surface area is 137 Å². The summed E-state index contributed by atoms with van der Waals surface area (Å²) in [7, 11) is 2.79. The van der Waals surface area contributed by atoms with Gasteiger partial charge in [0.15, 0.2) is 0 Å². The van der Waals surface area contributed by atoms with Gasteiger partial charge in [0, 0.05) is 12.8 Å². The van der Waals surface area contributed by atoms with Crippen LogP contribution in [0.15, 0.2) is 18.2 Å². The first-order valence-corrected chi connectivity index (χ1v) is 7.53. The normalized spacial score (nSPS) is 13.3. The van der Waals surface area contributed by atoms with Crippen LogP contribution in [-0.4, -0.2) is 37.8 Å². The van der Waals surface area contributed by atoms with Gasteiger partial charge in [-0.25, -0.2) is 4.79 Å². The summed E-state index contributed by atoms with van der Waals surface area (Å²) in [5.41, 5.74) is -0.198. The van der Waals surface area contributed by atoms with Gasteiger partial charge in [0.2, 0.25) is 0 Å².